The van der Waals surface area contributed by atoms with Crippen molar-refractivity contribution in [3.63, 3.8) is 0 Å². The lowest BCUT2D eigenvalue weighted by molar-refractivity contribution is -0.128. The summed E-state index contributed by atoms with van der Waals surface area (Å²) in [5.74, 6) is 1.31. The Hall–Kier alpha value is -0.850. The van der Waals surface area contributed by atoms with Crippen LogP contribution in [0.25, 0.3) is 0 Å². The van der Waals surface area contributed by atoms with E-state index in [0.29, 0.717) is 25.3 Å². The van der Waals surface area contributed by atoms with Gasteiger partial charge in [-0.05, 0) is 48.5 Å². The van der Waals surface area contributed by atoms with Crippen molar-refractivity contribution < 1.29 is 13.2 Å². The Bertz CT molecular complexity index is 730. The molecular formula is C19H27NO3S2. The number of rotatable bonds is 8. The van der Waals surface area contributed by atoms with Crippen LogP contribution < -0.4 is 4.72 Å². The predicted octanol–water partition coefficient (Wildman–Crippen LogP) is 3.48. The minimum atomic E-state index is -3.44. The zero-order valence-electron chi connectivity index (χ0n) is 15.0. The number of nitrogens with one attached hydrogen (secondary N) is 1. The highest BCUT2D eigenvalue weighted by Crippen LogP contribution is 2.64. The SMILES string of the molecule is CC1(C)C2CCC1(CS(=O)(=O)NCCCSc1ccccc1)C(=O)C2. The third-order valence-corrected chi connectivity index (χ3v) is 8.85. The lowest BCUT2D eigenvalue weighted by Crippen LogP contribution is -2.45. The summed E-state index contributed by atoms with van der Waals surface area (Å²) in [5, 5.41) is 0. The molecule has 2 unspecified atom stereocenters. The summed E-state index contributed by atoms with van der Waals surface area (Å²) in [7, 11) is -3.44. The maximum absolute atomic E-state index is 12.6. The van der Waals surface area contributed by atoms with Crippen molar-refractivity contribution in [1.82, 2.24) is 4.72 Å². The number of fused-ring (bicyclic) bond motifs is 2. The van der Waals surface area contributed by atoms with Crippen molar-refractivity contribution in [2.45, 2.75) is 44.4 Å². The van der Waals surface area contributed by atoms with Crippen molar-refractivity contribution in [2.75, 3.05) is 18.1 Å². The van der Waals surface area contributed by atoms with Gasteiger partial charge in [-0.1, -0.05) is 32.0 Å². The zero-order chi connectivity index (χ0) is 18.1. The normalized spacial score (nSPS) is 27.8. The van der Waals surface area contributed by atoms with Crippen LogP contribution in [-0.2, 0) is 14.8 Å². The van der Waals surface area contributed by atoms with E-state index in [4.69, 9.17) is 0 Å². The van der Waals surface area contributed by atoms with E-state index in [1.54, 1.807) is 11.8 Å². The average Bonchev–Trinajstić information content (AvgIpc) is 2.89. The van der Waals surface area contributed by atoms with E-state index < -0.39 is 15.4 Å². The second-order valence-corrected chi connectivity index (χ2v) is 10.8. The van der Waals surface area contributed by atoms with Gasteiger partial charge in [0.1, 0.15) is 5.78 Å². The molecule has 0 radical (unpaired) electrons. The van der Waals surface area contributed by atoms with Gasteiger partial charge in [-0.15, -0.1) is 11.8 Å². The van der Waals surface area contributed by atoms with Gasteiger partial charge in [-0.25, -0.2) is 13.1 Å². The molecule has 2 atom stereocenters. The molecule has 1 aromatic carbocycles. The summed E-state index contributed by atoms with van der Waals surface area (Å²) in [6, 6.07) is 10.1. The lowest BCUT2D eigenvalue weighted by atomic mass is 9.70. The van der Waals surface area contributed by atoms with E-state index >= 15 is 0 Å². The number of Topliss-reactive ketones (excluding diaryl/α,β-unsaturated/α-hetero) is 1. The summed E-state index contributed by atoms with van der Waals surface area (Å²) < 4.78 is 27.8. The van der Waals surface area contributed by atoms with E-state index in [9.17, 15) is 13.2 Å². The Labute approximate surface area is 155 Å². The first kappa shape index (κ1) is 18.9. The summed E-state index contributed by atoms with van der Waals surface area (Å²) in [4.78, 5) is 13.7. The van der Waals surface area contributed by atoms with Gasteiger partial charge in [0.25, 0.3) is 0 Å². The standard InChI is InChI=1S/C19H27NO3S2/c1-18(2)15-9-10-19(18,17(21)13-15)14-25(22,23)20-11-6-12-24-16-7-4-3-5-8-16/h3-5,7-8,15,20H,6,9-14H2,1-2H3. The first-order valence-electron chi connectivity index (χ1n) is 8.95. The second-order valence-electron chi connectivity index (χ2n) is 7.84. The fraction of sp³-hybridized carbons (Fsp3) is 0.632. The molecule has 138 valence electrons. The molecule has 2 bridgehead atoms. The Morgan fingerprint density at radius 2 is 1.96 bits per heavy atom. The van der Waals surface area contributed by atoms with E-state index in [1.165, 1.54) is 4.90 Å². The van der Waals surface area contributed by atoms with Gasteiger partial charge in [0.05, 0.1) is 5.75 Å². The van der Waals surface area contributed by atoms with Crippen LogP contribution >= 0.6 is 11.8 Å². The number of hydrogen-bond donors (Lipinski definition) is 1. The maximum atomic E-state index is 12.6. The molecule has 2 aliphatic rings. The van der Waals surface area contributed by atoms with Crippen LogP contribution in [0.4, 0.5) is 0 Å². The molecule has 4 nitrogen and oxygen atoms in total. The van der Waals surface area contributed by atoms with E-state index in [2.05, 4.69) is 30.7 Å². The Morgan fingerprint density at radius 1 is 1.24 bits per heavy atom. The van der Waals surface area contributed by atoms with Gasteiger partial charge in [0.15, 0.2) is 0 Å². The number of carbonyl (C=O) groups is 1. The first-order valence-corrected chi connectivity index (χ1v) is 11.6. The van der Waals surface area contributed by atoms with Gasteiger partial charge in [-0.2, -0.15) is 0 Å². The molecule has 0 aliphatic heterocycles. The fourth-order valence-corrected chi connectivity index (χ4v) is 7.25. The Morgan fingerprint density at radius 3 is 2.56 bits per heavy atom. The average molecular weight is 382 g/mol. The van der Waals surface area contributed by atoms with Crippen LogP contribution in [0.5, 0.6) is 0 Å². The quantitative estimate of drug-likeness (QED) is 0.553. The number of thioether (sulfide) groups is 1. The molecule has 0 saturated heterocycles. The number of sulfonamides is 1. The summed E-state index contributed by atoms with van der Waals surface area (Å²) in [5.41, 5.74) is -0.885. The third kappa shape index (κ3) is 3.67. The van der Waals surface area contributed by atoms with E-state index in [1.807, 2.05) is 18.2 Å². The van der Waals surface area contributed by atoms with Gasteiger partial charge >= 0.3 is 0 Å². The van der Waals surface area contributed by atoms with Crippen molar-refractivity contribution in [2.24, 2.45) is 16.7 Å². The maximum Gasteiger partial charge on any atom is 0.212 e. The first-order chi connectivity index (χ1) is 11.8. The molecule has 0 spiro atoms. The minimum Gasteiger partial charge on any atom is -0.299 e. The Kier molecular flexibility index (Phi) is 5.33. The number of hydrogen-bond acceptors (Lipinski definition) is 4. The summed E-state index contributed by atoms with van der Waals surface area (Å²) >= 11 is 1.73. The zero-order valence-corrected chi connectivity index (χ0v) is 16.6. The highest BCUT2D eigenvalue weighted by molar-refractivity contribution is 7.99. The number of carbonyl (C=O) groups excluding carboxylic acids is 1. The van der Waals surface area contributed by atoms with Crippen molar-refractivity contribution in [3.8, 4) is 0 Å². The molecule has 6 heteroatoms. The van der Waals surface area contributed by atoms with Crippen LogP contribution in [-0.4, -0.2) is 32.3 Å². The second kappa shape index (κ2) is 7.05. The molecule has 0 heterocycles. The molecule has 2 saturated carbocycles. The number of benzene rings is 1. The summed E-state index contributed by atoms with van der Waals surface area (Å²) in [6.45, 7) is 4.57. The molecule has 3 rings (SSSR count). The molecular weight excluding hydrogens is 354 g/mol. The van der Waals surface area contributed by atoms with E-state index in [-0.39, 0.29) is 17.0 Å². The predicted molar refractivity (Wildman–Crippen MR) is 102 cm³/mol. The van der Waals surface area contributed by atoms with Crippen LogP contribution in [0, 0.1) is 16.7 Å². The van der Waals surface area contributed by atoms with Gasteiger partial charge in [-0.3, -0.25) is 4.79 Å². The molecule has 2 aliphatic carbocycles. The lowest BCUT2D eigenvalue weighted by Gasteiger charge is -2.36. The van der Waals surface area contributed by atoms with Crippen LogP contribution in [0.2, 0.25) is 0 Å². The highest BCUT2D eigenvalue weighted by atomic mass is 32.2. The molecule has 1 N–H and O–H groups in total. The molecule has 25 heavy (non-hydrogen) atoms. The number of ketones is 1. The van der Waals surface area contributed by atoms with Crippen molar-refractivity contribution in [3.05, 3.63) is 30.3 Å². The third-order valence-electron chi connectivity index (χ3n) is 6.23. The Balaban J connectivity index is 1.50. The van der Waals surface area contributed by atoms with Crippen LogP contribution in [0.15, 0.2) is 35.2 Å². The van der Waals surface area contributed by atoms with Gasteiger partial charge in [0.2, 0.25) is 10.0 Å². The minimum absolute atomic E-state index is 0.0475. The monoisotopic (exact) mass is 381 g/mol. The highest BCUT2D eigenvalue weighted by Gasteiger charge is 2.65. The van der Waals surface area contributed by atoms with Crippen molar-refractivity contribution >= 4 is 27.6 Å². The van der Waals surface area contributed by atoms with Crippen LogP contribution in [0.3, 0.4) is 0 Å². The van der Waals surface area contributed by atoms with Gasteiger partial charge in [0, 0.05) is 23.3 Å². The topological polar surface area (TPSA) is 63.2 Å². The van der Waals surface area contributed by atoms with Crippen molar-refractivity contribution in [1.29, 1.82) is 0 Å². The van der Waals surface area contributed by atoms with Gasteiger partial charge < -0.3 is 0 Å². The smallest absolute Gasteiger partial charge is 0.212 e. The van der Waals surface area contributed by atoms with Crippen LogP contribution in [0.1, 0.15) is 39.5 Å². The molecule has 2 fully saturated rings. The fourth-order valence-electron chi connectivity index (χ4n) is 4.49. The molecule has 0 aromatic heterocycles. The molecule has 0 amide bonds. The van der Waals surface area contributed by atoms with E-state index in [0.717, 1.165) is 18.6 Å². The molecule has 1 aromatic rings. The largest absolute Gasteiger partial charge is 0.299 e. The summed E-state index contributed by atoms with van der Waals surface area (Å²) in [6.07, 6.45) is 3.01.